The van der Waals surface area contributed by atoms with Gasteiger partial charge in [0, 0.05) is 6.42 Å². The largest absolute Gasteiger partial charge is 0.429 e. The van der Waals surface area contributed by atoms with Gasteiger partial charge in [0.15, 0.2) is 0 Å². The highest BCUT2D eigenvalue weighted by molar-refractivity contribution is 5.18. The smallest absolute Gasteiger partial charge is 0.292 e. The van der Waals surface area contributed by atoms with E-state index in [2.05, 4.69) is 4.98 Å². The molecule has 0 unspecified atom stereocenters. The van der Waals surface area contributed by atoms with Crippen molar-refractivity contribution in [3.63, 3.8) is 0 Å². The quantitative estimate of drug-likeness (QED) is 0.830. The van der Waals surface area contributed by atoms with Crippen LogP contribution in [-0.2, 0) is 6.42 Å². The predicted octanol–water partition coefficient (Wildman–Crippen LogP) is 3.08. The van der Waals surface area contributed by atoms with Gasteiger partial charge in [0.1, 0.15) is 5.76 Å². The fraction of sp³-hybridized carbons (Fsp3) is 0.750. The maximum atomic E-state index is 5.51. The molecule has 0 aliphatic heterocycles. The van der Waals surface area contributed by atoms with Crippen LogP contribution in [0.5, 0.6) is 0 Å². The minimum absolute atomic E-state index is 0.311. The van der Waals surface area contributed by atoms with Gasteiger partial charge in [-0.2, -0.15) is 4.98 Å². The van der Waals surface area contributed by atoms with Crippen LogP contribution < -0.4 is 5.73 Å². The normalized spacial score (nSPS) is 18.2. The Hall–Kier alpha value is -0.990. The lowest BCUT2D eigenvalue weighted by atomic mass is 9.86. The second kappa shape index (κ2) is 4.69. The van der Waals surface area contributed by atoms with Gasteiger partial charge in [0.2, 0.25) is 0 Å². The Bertz CT molecular complexity index is 313. The summed E-state index contributed by atoms with van der Waals surface area (Å²) in [5.41, 5.74) is 6.47. The summed E-state index contributed by atoms with van der Waals surface area (Å²) < 4.78 is 5.37. The van der Waals surface area contributed by atoms with E-state index in [9.17, 15) is 0 Å². The van der Waals surface area contributed by atoms with Crippen molar-refractivity contribution in [1.29, 1.82) is 0 Å². The lowest BCUT2D eigenvalue weighted by molar-refractivity contribution is 0.331. The van der Waals surface area contributed by atoms with Crippen LogP contribution in [0.2, 0.25) is 0 Å². The van der Waals surface area contributed by atoms with Crippen LogP contribution in [0.25, 0.3) is 0 Å². The second-order valence-electron chi connectivity index (χ2n) is 4.60. The van der Waals surface area contributed by atoms with E-state index < -0.39 is 0 Å². The number of nitrogens with zero attached hydrogens (tertiary/aromatic N) is 1. The summed E-state index contributed by atoms with van der Waals surface area (Å²) in [6.45, 7) is 1.97. The summed E-state index contributed by atoms with van der Waals surface area (Å²) in [7, 11) is 0. The summed E-state index contributed by atoms with van der Waals surface area (Å²) in [5, 5.41) is 0. The minimum Gasteiger partial charge on any atom is -0.429 e. The molecule has 1 fully saturated rings. The molecule has 0 saturated heterocycles. The molecule has 84 valence electrons. The third-order valence-corrected chi connectivity index (χ3v) is 3.41. The van der Waals surface area contributed by atoms with Crippen LogP contribution in [0.15, 0.2) is 4.42 Å². The number of rotatable bonds is 3. The van der Waals surface area contributed by atoms with Crippen molar-refractivity contribution in [3.05, 3.63) is 11.5 Å². The Morgan fingerprint density at radius 1 is 1.33 bits per heavy atom. The first-order valence-corrected chi connectivity index (χ1v) is 5.97. The average molecular weight is 208 g/mol. The van der Waals surface area contributed by atoms with E-state index >= 15 is 0 Å². The van der Waals surface area contributed by atoms with Crippen molar-refractivity contribution in [1.82, 2.24) is 4.98 Å². The maximum Gasteiger partial charge on any atom is 0.292 e. The van der Waals surface area contributed by atoms with Crippen molar-refractivity contribution >= 4 is 6.01 Å². The van der Waals surface area contributed by atoms with Gasteiger partial charge in [-0.05, 0) is 19.3 Å². The van der Waals surface area contributed by atoms with Gasteiger partial charge in [0.25, 0.3) is 6.01 Å². The molecule has 1 aromatic rings. The van der Waals surface area contributed by atoms with Gasteiger partial charge in [-0.25, -0.2) is 0 Å². The monoisotopic (exact) mass is 208 g/mol. The Labute approximate surface area is 91.1 Å². The van der Waals surface area contributed by atoms with Gasteiger partial charge in [0.05, 0.1) is 5.69 Å². The lowest BCUT2D eigenvalue weighted by Crippen LogP contribution is -2.07. The molecular formula is C12H20N2O. The molecule has 2 rings (SSSR count). The molecule has 15 heavy (non-hydrogen) atoms. The molecule has 1 heterocycles. The zero-order valence-electron chi connectivity index (χ0n) is 9.46. The number of hydrogen-bond acceptors (Lipinski definition) is 3. The highest BCUT2D eigenvalue weighted by Gasteiger charge is 2.15. The Morgan fingerprint density at radius 3 is 2.67 bits per heavy atom. The molecule has 2 N–H and O–H groups in total. The first-order valence-electron chi connectivity index (χ1n) is 5.97. The molecule has 3 nitrogen and oxygen atoms in total. The highest BCUT2D eigenvalue weighted by Crippen LogP contribution is 2.28. The van der Waals surface area contributed by atoms with Crippen LogP contribution >= 0.6 is 0 Å². The lowest BCUT2D eigenvalue weighted by Gasteiger charge is -2.20. The minimum atomic E-state index is 0.311. The molecule has 1 aliphatic carbocycles. The van der Waals surface area contributed by atoms with E-state index in [1.54, 1.807) is 0 Å². The molecule has 1 saturated carbocycles. The Balaban J connectivity index is 1.84. The summed E-state index contributed by atoms with van der Waals surface area (Å²) in [4.78, 5) is 4.09. The maximum absolute atomic E-state index is 5.51. The molecule has 0 amide bonds. The van der Waals surface area contributed by atoms with Crippen molar-refractivity contribution in [2.75, 3.05) is 5.73 Å². The number of aryl methyl sites for hydroxylation is 2. The number of nitrogens with two attached hydrogens (primary N) is 1. The van der Waals surface area contributed by atoms with Crippen molar-refractivity contribution in [2.45, 2.75) is 51.9 Å². The van der Waals surface area contributed by atoms with Gasteiger partial charge >= 0.3 is 0 Å². The summed E-state index contributed by atoms with van der Waals surface area (Å²) in [6, 6.07) is 0.311. The summed E-state index contributed by atoms with van der Waals surface area (Å²) in [6.07, 6.45) is 9.25. The number of anilines is 1. The van der Waals surface area contributed by atoms with E-state index in [0.29, 0.717) is 6.01 Å². The third kappa shape index (κ3) is 2.74. The zero-order chi connectivity index (χ0) is 10.7. The van der Waals surface area contributed by atoms with E-state index in [0.717, 1.165) is 23.8 Å². The molecule has 3 heteroatoms. The van der Waals surface area contributed by atoms with Crippen molar-refractivity contribution in [2.24, 2.45) is 5.92 Å². The summed E-state index contributed by atoms with van der Waals surface area (Å²) in [5.74, 6) is 1.88. The first-order chi connectivity index (χ1) is 7.25. The van der Waals surface area contributed by atoms with Crippen LogP contribution in [0, 0.1) is 12.8 Å². The molecule has 0 bridgehead atoms. The fourth-order valence-corrected chi connectivity index (χ4v) is 2.49. The summed E-state index contributed by atoms with van der Waals surface area (Å²) >= 11 is 0. The first kappa shape index (κ1) is 10.5. The van der Waals surface area contributed by atoms with Crippen LogP contribution in [0.4, 0.5) is 6.01 Å². The van der Waals surface area contributed by atoms with Crippen molar-refractivity contribution < 1.29 is 4.42 Å². The Morgan fingerprint density at radius 2 is 2.07 bits per heavy atom. The Kier molecular flexibility index (Phi) is 3.29. The van der Waals surface area contributed by atoms with E-state index in [-0.39, 0.29) is 0 Å². The number of oxazole rings is 1. The van der Waals surface area contributed by atoms with E-state index in [1.807, 2.05) is 6.92 Å². The van der Waals surface area contributed by atoms with Gasteiger partial charge in [-0.3, -0.25) is 0 Å². The van der Waals surface area contributed by atoms with Crippen LogP contribution in [0.3, 0.4) is 0 Å². The van der Waals surface area contributed by atoms with Gasteiger partial charge in [-0.1, -0.05) is 32.1 Å². The topological polar surface area (TPSA) is 52.0 Å². The molecule has 0 radical (unpaired) electrons. The third-order valence-electron chi connectivity index (χ3n) is 3.41. The average Bonchev–Trinajstić information content (AvgIpc) is 2.56. The van der Waals surface area contributed by atoms with Gasteiger partial charge in [-0.15, -0.1) is 0 Å². The molecule has 0 aromatic carbocycles. The molecule has 1 aliphatic rings. The fourth-order valence-electron chi connectivity index (χ4n) is 2.49. The molecule has 0 atom stereocenters. The zero-order valence-corrected chi connectivity index (χ0v) is 9.46. The molecule has 0 spiro atoms. The number of nitrogen functional groups attached to an aromatic ring is 1. The van der Waals surface area contributed by atoms with Crippen LogP contribution in [0.1, 0.15) is 50.0 Å². The molecule has 1 aromatic heterocycles. The standard InChI is InChI=1S/C12H20N2O/c1-9-11(15-12(13)14-9)8-7-10-5-3-2-4-6-10/h10H,2-8H2,1H3,(H2,13,14). The second-order valence-corrected chi connectivity index (χ2v) is 4.60. The van der Waals surface area contributed by atoms with Gasteiger partial charge < -0.3 is 10.2 Å². The highest BCUT2D eigenvalue weighted by atomic mass is 16.4. The number of aromatic nitrogens is 1. The SMILES string of the molecule is Cc1nc(N)oc1CCC1CCCCC1. The van der Waals surface area contributed by atoms with E-state index in [1.165, 1.54) is 38.5 Å². The molecular weight excluding hydrogens is 188 g/mol. The number of hydrogen-bond donors (Lipinski definition) is 1. The van der Waals surface area contributed by atoms with Crippen LogP contribution in [-0.4, -0.2) is 4.98 Å². The predicted molar refractivity (Wildman–Crippen MR) is 60.5 cm³/mol. The van der Waals surface area contributed by atoms with E-state index in [4.69, 9.17) is 10.2 Å². The van der Waals surface area contributed by atoms with Crippen molar-refractivity contribution in [3.8, 4) is 0 Å².